The summed E-state index contributed by atoms with van der Waals surface area (Å²) in [6.07, 6.45) is 0. The van der Waals surface area contributed by atoms with Gasteiger partial charge in [-0.25, -0.2) is 0 Å². The van der Waals surface area contributed by atoms with Gasteiger partial charge in [0.05, 0.1) is 0 Å². The van der Waals surface area contributed by atoms with E-state index in [-0.39, 0.29) is 12.3 Å². The van der Waals surface area contributed by atoms with Gasteiger partial charge in [-0.1, -0.05) is 13.5 Å². The average molecular weight is 271 g/mol. The summed E-state index contributed by atoms with van der Waals surface area (Å²) >= 11 is 0. The molecule has 1 saturated heterocycles. The van der Waals surface area contributed by atoms with Crippen LogP contribution in [0.25, 0.3) is 6.15 Å². The van der Waals surface area contributed by atoms with E-state index in [1.54, 1.807) is 0 Å². The molecule has 1 aliphatic rings. The molecule has 3 atom stereocenters. The van der Waals surface area contributed by atoms with Crippen molar-refractivity contribution in [2.24, 2.45) is 10.8 Å². The molecule has 3 unspecified atom stereocenters. The van der Waals surface area contributed by atoms with Gasteiger partial charge in [-0.15, -0.1) is 0 Å². The molecule has 1 rings (SSSR count). The highest BCUT2D eigenvalue weighted by atomic mass is 28.4. The van der Waals surface area contributed by atoms with Crippen LogP contribution in [-0.2, 0) is 0 Å². The van der Waals surface area contributed by atoms with Gasteiger partial charge in [-0.05, 0) is 25.2 Å². The van der Waals surface area contributed by atoms with Gasteiger partial charge in [0.15, 0.2) is 18.2 Å². The largest absolute Gasteiger partial charge is 0.693 e. The Bertz CT molecular complexity index is 110. The summed E-state index contributed by atoms with van der Waals surface area (Å²) in [5.41, 5.74) is 0. The van der Waals surface area contributed by atoms with Crippen LogP contribution in [0.15, 0.2) is 0 Å². The monoisotopic (exact) mass is 270 g/mol. The first-order chi connectivity index (χ1) is 5.91. The maximum absolute atomic E-state index is 5.03. The van der Waals surface area contributed by atoms with Crippen molar-refractivity contribution >= 4 is 27.2 Å². The normalized spacial score (nSPS) is 29.4. The minimum atomic E-state index is -1.14. The third-order valence-electron chi connectivity index (χ3n) is 1.78. The van der Waals surface area contributed by atoms with E-state index in [1.165, 1.54) is 6.04 Å². The third-order valence-corrected chi connectivity index (χ3v) is 8.54. The van der Waals surface area contributed by atoms with Crippen molar-refractivity contribution in [3.8, 4) is 0 Å². The van der Waals surface area contributed by atoms with Crippen LogP contribution in [0.1, 0.15) is 6.92 Å². The molecule has 0 aliphatic carbocycles. The van der Waals surface area contributed by atoms with E-state index in [9.17, 15) is 0 Å². The lowest BCUT2D eigenvalue weighted by Crippen LogP contribution is -2.60. The van der Waals surface area contributed by atoms with Gasteiger partial charge in [0.25, 0.3) is 0 Å². The highest BCUT2D eigenvalue weighted by molar-refractivity contribution is 6.71. The molecule has 0 aromatic heterocycles. The number of hydrogen-bond acceptors (Lipinski definition) is 4. The van der Waals surface area contributed by atoms with Gasteiger partial charge in [0.2, 0.25) is 0 Å². The van der Waals surface area contributed by atoms with Crippen LogP contribution < -0.4 is 26.6 Å². The Kier molecular flexibility index (Phi) is 15.1. The van der Waals surface area contributed by atoms with Crippen molar-refractivity contribution in [3.05, 3.63) is 6.15 Å². The van der Waals surface area contributed by atoms with Gasteiger partial charge in [0, 0.05) is 0 Å². The molecule has 12 N–H and O–H groups in total. The highest BCUT2D eigenvalue weighted by Crippen LogP contribution is 2.01. The molecule has 0 aromatic rings. The molecule has 0 spiro atoms. The van der Waals surface area contributed by atoms with Crippen LogP contribution in [0.2, 0.25) is 25.7 Å². The Balaban J connectivity index is -0.000000213. The van der Waals surface area contributed by atoms with Crippen LogP contribution in [0.5, 0.6) is 0 Å². The first-order valence-electron chi connectivity index (χ1n) is 4.95. The molecule has 0 saturated carbocycles. The quantitative estimate of drug-likeness (QED) is 0.382. The van der Waals surface area contributed by atoms with E-state index < -0.39 is 27.2 Å². The van der Waals surface area contributed by atoms with Crippen molar-refractivity contribution in [3.63, 3.8) is 0 Å². The topological polar surface area (TPSA) is 146 Å². The number of rotatable bonds is 0. The molecule has 0 aromatic carbocycles. The third kappa shape index (κ3) is 14.4. The molecule has 0 bridgehead atoms. The van der Waals surface area contributed by atoms with E-state index in [0.717, 1.165) is 6.04 Å². The lowest BCUT2D eigenvalue weighted by molar-refractivity contribution is 0.710. The average Bonchev–Trinajstić information content (AvgIpc) is 1.80. The maximum atomic E-state index is 5.03. The summed E-state index contributed by atoms with van der Waals surface area (Å²) in [6.45, 7) is 8.90. The molecule has 0 amide bonds. The Labute approximate surface area is 98.9 Å². The molecule has 9 heteroatoms. The number of quaternary nitrogens is 1. The smallest absolute Gasteiger partial charge is 0.176 e. The highest BCUT2D eigenvalue weighted by Gasteiger charge is 2.20. The zero-order valence-electron chi connectivity index (χ0n) is 10.7. The van der Waals surface area contributed by atoms with Crippen molar-refractivity contribution < 1.29 is 0 Å². The van der Waals surface area contributed by atoms with E-state index in [2.05, 4.69) is 29.6 Å². The lowest BCUT2D eigenvalue weighted by atomic mass is 10.4. The molecular formula is C6H30N6Si3. The predicted molar refractivity (Wildman–Crippen MR) is 79.2 cm³/mol. The lowest BCUT2D eigenvalue weighted by Gasteiger charge is -2.30. The van der Waals surface area contributed by atoms with Crippen LogP contribution in [-0.4, -0.2) is 33.2 Å². The summed E-state index contributed by atoms with van der Waals surface area (Å²) in [4.78, 5) is 3.57. The van der Waals surface area contributed by atoms with E-state index >= 15 is 0 Å². The molecular weight excluding hydrogens is 240 g/mol. The molecule has 15 heavy (non-hydrogen) atoms. The zero-order chi connectivity index (χ0) is 10.4. The number of nitrogens with two attached hydrogens (primary N) is 3. The summed E-state index contributed by atoms with van der Waals surface area (Å²) < 4.78 is 3.68. The minimum Gasteiger partial charge on any atom is -0.693 e. The number of hydrogen-bond donors (Lipinski definition) is 5. The van der Waals surface area contributed by atoms with Crippen LogP contribution >= 0.6 is 0 Å². The molecule has 1 aliphatic heterocycles. The van der Waals surface area contributed by atoms with Crippen molar-refractivity contribution in [1.29, 1.82) is 0 Å². The molecule has 6 nitrogen and oxygen atoms in total. The Morgan fingerprint density at radius 2 is 1.73 bits per heavy atom. The van der Waals surface area contributed by atoms with Crippen molar-refractivity contribution in [1.82, 2.24) is 15.8 Å². The van der Waals surface area contributed by atoms with Gasteiger partial charge in [0.1, 0.15) is 8.96 Å². The van der Waals surface area contributed by atoms with Gasteiger partial charge in [-0.2, -0.15) is 0 Å². The maximum Gasteiger partial charge on any atom is 0.176 e. The van der Waals surface area contributed by atoms with Crippen LogP contribution in [0.4, 0.5) is 0 Å². The fourth-order valence-electron chi connectivity index (χ4n) is 1.57. The fourth-order valence-corrected chi connectivity index (χ4v) is 8.37. The number of nitrogens with one attached hydrogen (secondary N) is 2. The minimum absolute atomic E-state index is 0. The second kappa shape index (κ2) is 10.9. The summed E-state index contributed by atoms with van der Waals surface area (Å²) in [7, 11) is -2.25. The Hall–Kier alpha value is 0.411. The predicted octanol–water partition coefficient (Wildman–Crippen LogP) is -0.381. The summed E-state index contributed by atoms with van der Waals surface area (Å²) in [5.74, 6) is 0. The van der Waals surface area contributed by atoms with Gasteiger partial charge in [-0.3, -0.25) is 0 Å². The fraction of sp³-hybridized carbons (Fsp3) is 1.00. The van der Waals surface area contributed by atoms with Crippen molar-refractivity contribution in [2.45, 2.75) is 38.7 Å². The summed E-state index contributed by atoms with van der Waals surface area (Å²) in [5, 5.41) is 10.1. The first kappa shape index (κ1) is 20.8. The first-order valence-corrected chi connectivity index (χ1v) is 12.3. The van der Waals surface area contributed by atoms with Crippen LogP contribution in [0, 0.1) is 0 Å². The molecule has 1 heterocycles. The van der Waals surface area contributed by atoms with E-state index in [4.69, 9.17) is 10.8 Å². The Morgan fingerprint density at radius 3 is 2.00 bits per heavy atom. The van der Waals surface area contributed by atoms with E-state index in [1.807, 2.05) is 6.55 Å². The van der Waals surface area contributed by atoms with E-state index in [0.29, 0.717) is 0 Å². The van der Waals surface area contributed by atoms with Crippen LogP contribution in [0.3, 0.4) is 0 Å². The SMILES string of the molecule is CC1C[SiH](C)N[SiH](C)N1.C[SiH](N)N.[NH2-].[NH4+]. The molecule has 1 fully saturated rings. The second-order valence-electron chi connectivity index (χ2n) is 3.95. The van der Waals surface area contributed by atoms with Gasteiger partial charge >= 0.3 is 0 Å². The summed E-state index contributed by atoms with van der Waals surface area (Å²) in [6, 6.07) is 2.21. The standard InChI is InChI=1S/C5H16N2Si2.CH8N2Si.H3N.H2N/c1-5-4-8(2)7-9(3)6-5;1-4(2)3;;/h5-9H,4H2,1-3H3;4H,2-3H2,1H3;1H3;1H2/q;;;-1/p+1. The molecule has 0 radical (unpaired) electrons. The second-order valence-corrected chi connectivity index (χ2v) is 11.1. The molecule has 96 valence electrons. The zero-order valence-corrected chi connectivity index (χ0v) is 14.2. The van der Waals surface area contributed by atoms with Crippen molar-refractivity contribution in [2.75, 3.05) is 0 Å². The van der Waals surface area contributed by atoms with Gasteiger partial charge < -0.3 is 32.7 Å². The Morgan fingerprint density at radius 1 is 1.33 bits per heavy atom.